The molecule has 5 nitrogen and oxygen atoms in total. The van der Waals surface area contributed by atoms with E-state index in [2.05, 4.69) is 27.5 Å². The minimum atomic E-state index is 0.00594. The van der Waals surface area contributed by atoms with Crippen molar-refractivity contribution in [3.8, 4) is 0 Å². The SMILES string of the molecule is C=C/C(=C\C=NC)C(=O)N1CCN(c2ccc(C)cn2)CC1. The van der Waals surface area contributed by atoms with Crippen molar-refractivity contribution < 1.29 is 4.79 Å². The topological polar surface area (TPSA) is 48.8 Å². The molecule has 5 heteroatoms. The van der Waals surface area contributed by atoms with Crippen molar-refractivity contribution in [2.75, 3.05) is 38.1 Å². The molecular weight excluding hydrogens is 276 g/mol. The molecule has 1 amide bonds. The summed E-state index contributed by atoms with van der Waals surface area (Å²) in [6.07, 6.45) is 6.76. The maximum absolute atomic E-state index is 12.4. The molecule has 0 saturated carbocycles. The number of pyridine rings is 1. The molecule has 0 unspecified atom stereocenters. The lowest BCUT2D eigenvalue weighted by Crippen LogP contribution is -2.49. The van der Waals surface area contributed by atoms with Gasteiger partial charge >= 0.3 is 0 Å². The second-order valence-electron chi connectivity index (χ2n) is 5.21. The third-order valence-electron chi connectivity index (χ3n) is 3.66. The first kappa shape index (κ1) is 15.9. The van der Waals surface area contributed by atoms with Crippen molar-refractivity contribution in [1.29, 1.82) is 0 Å². The highest BCUT2D eigenvalue weighted by Gasteiger charge is 2.22. The van der Waals surface area contributed by atoms with Crippen molar-refractivity contribution in [2.24, 2.45) is 4.99 Å². The number of carbonyl (C=O) groups is 1. The van der Waals surface area contributed by atoms with Gasteiger partial charge in [0.1, 0.15) is 5.82 Å². The Morgan fingerprint density at radius 2 is 2.05 bits per heavy atom. The van der Waals surface area contributed by atoms with Gasteiger partial charge in [-0.15, -0.1) is 0 Å². The Balaban J connectivity index is 1.98. The largest absolute Gasteiger partial charge is 0.353 e. The summed E-state index contributed by atoms with van der Waals surface area (Å²) in [5, 5.41) is 0. The predicted molar refractivity (Wildman–Crippen MR) is 90.5 cm³/mol. The van der Waals surface area contributed by atoms with Gasteiger partial charge in [0.15, 0.2) is 0 Å². The van der Waals surface area contributed by atoms with E-state index in [-0.39, 0.29) is 5.91 Å². The monoisotopic (exact) mass is 298 g/mol. The predicted octanol–water partition coefficient (Wildman–Crippen LogP) is 1.85. The fourth-order valence-electron chi connectivity index (χ4n) is 2.35. The molecule has 1 aromatic heterocycles. The van der Waals surface area contributed by atoms with Crippen LogP contribution < -0.4 is 4.90 Å². The summed E-state index contributed by atoms with van der Waals surface area (Å²) in [6, 6.07) is 4.09. The van der Waals surface area contributed by atoms with E-state index in [9.17, 15) is 4.79 Å². The van der Waals surface area contributed by atoms with Gasteiger partial charge < -0.3 is 9.80 Å². The molecular formula is C17H22N4O. The fraction of sp³-hybridized carbons (Fsp3) is 0.353. The van der Waals surface area contributed by atoms with Crippen molar-refractivity contribution in [1.82, 2.24) is 9.88 Å². The molecule has 1 fully saturated rings. The number of amides is 1. The Morgan fingerprint density at radius 3 is 2.59 bits per heavy atom. The van der Waals surface area contributed by atoms with Crippen molar-refractivity contribution in [3.63, 3.8) is 0 Å². The molecule has 1 aromatic rings. The first-order valence-corrected chi connectivity index (χ1v) is 7.37. The quantitative estimate of drug-likeness (QED) is 0.484. The number of aromatic nitrogens is 1. The van der Waals surface area contributed by atoms with E-state index in [0.29, 0.717) is 18.7 Å². The van der Waals surface area contributed by atoms with Gasteiger partial charge in [0.25, 0.3) is 5.91 Å². The van der Waals surface area contributed by atoms with Crippen molar-refractivity contribution in [2.45, 2.75) is 6.92 Å². The van der Waals surface area contributed by atoms with Crippen molar-refractivity contribution in [3.05, 3.63) is 48.2 Å². The number of hydrogen-bond acceptors (Lipinski definition) is 4. The van der Waals surface area contributed by atoms with Crippen LogP contribution in [0.15, 0.2) is 47.6 Å². The molecule has 0 spiro atoms. The summed E-state index contributed by atoms with van der Waals surface area (Å²) >= 11 is 0. The average molecular weight is 298 g/mol. The van der Waals surface area contributed by atoms with Crippen LogP contribution in [0, 0.1) is 6.92 Å². The van der Waals surface area contributed by atoms with E-state index in [1.54, 1.807) is 25.4 Å². The number of nitrogens with zero attached hydrogens (tertiary/aromatic N) is 4. The number of rotatable bonds is 4. The third kappa shape index (κ3) is 3.81. The average Bonchev–Trinajstić information content (AvgIpc) is 2.56. The van der Waals surface area contributed by atoms with Crippen LogP contribution in [-0.2, 0) is 4.79 Å². The molecule has 1 aliphatic rings. The Bertz CT molecular complexity index is 581. The van der Waals surface area contributed by atoms with E-state index in [0.717, 1.165) is 24.5 Å². The molecule has 0 atom stereocenters. The Morgan fingerprint density at radius 1 is 1.32 bits per heavy atom. The van der Waals surface area contributed by atoms with Crippen LogP contribution in [0.3, 0.4) is 0 Å². The number of aryl methyl sites for hydroxylation is 1. The second kappa shape index (κ2) is 7.54. The zero-order valence-corrected chi connectivity index (χ0v) is 13.2. The molecule has 0 aromatic carbocycles. The molecule has 1 aliphatic heterocycles. The van der Waals surface area contributed by atoms with Crippen LogP contribution in [0.5, 0.6) is 0 Å². The molecule has 0 bridgehead atoms. The molecule has 0 aliphatic carbocycles. The minimum absolute atomic E-state index is 0.00594. The number of aliphatic imine (C=N–C) groups is 1. The lowest BCUT2D eigenvalue weighted by atomic mass is 10.2. The first-order chi connectivity index (χ1) is 10.7. The van der Waals surface area contributed by atoms with E-state index < -0.39 is 0 Å². The van der Waals surface area contributed by atoms with Gasteiger partial charge in [0.2, 0.25) is 0 Å². The van der Waals surface area contributed by atoms with E-state index in [4.69, 9.17) is 0 Å². The van der Waals surface area contributed by atoms with Gasteiger partial charge in [-0.1, -0.05) is 18.7 Å². The number of piperazine rings is 1. The highest BCUT2D eigenvalue weighted by atomic mass is 16.2. The van der Waals surface area contributed by atoms with Gasteiger partial charge in [0, 0.05) is 51.2 Å². The van der Waals surface area contributed by atoms with Gasteiger partial charge in [-0.25, -0.2) is 4.98 Å². The van der Waals surface area contributed by atoms with Crippen LogP contribution in [0.4, 0.5) is 5.82 Å². The highest BCUT2D eigenvalue weighted by molar-refractivity contribution is 5.99. The number of allylic oxidation sites excluding steroid dienone is 1. The smallest absolute Gasteiger partial charge is 0.254 e. The van der Waals surface area contributed by atoms with Crippen LogP contribution in [0.1, 0.15) is 5.56 Å². The second-order valence-corrected chi connectivity index (χ2v) is 5.21. The summed E-state index contributed by atoms with van der Waals surface area (Å²) in [5.74, 6) is 0.974. The van der Waals surface area contributed by atoms with Crippen LogP contribution >= 0.6 is 0 Å². The molecule has 2 rings (SSSR count). The Labute approximate surface area is 131 Å². The zero-order chi connectivity index (χ0) is 15.9. The van der Waals surface area contributed by atoms with Crippen LogP contribution in [0.25, 0.3) is 0 Å². The van der Waals surface area contributed by atoms with E-state index in [1.807, 2.05) is 24.1 Å². The van der Waals surface area contributed by atoms with Gasteiger partial charge in [-0.2, -0.15) is 0 Å². The molecule has 0 radical (unpaired) electrons. The van der Waals surface area contributed by atoms with Crippen LogP contribution in [0.2, 0.25) is 0 Å². The molecule has 1 saturated heterocycles. The summed E-state index contributed by atoms with van der Waals surface area (Å²) in [6.45, 7) is 8.67. The summed E-state index contributed by atoms with van der Waals surface area (Å²) in [7, 11) is 1.68. The summed E-state index contributed by atoms with van der Waals surface area (Å²) in [5.41, 5.74) is 1.73. The maximum Gasteiger partial charge on any atom is 0.254 e. The standard InChI is InChI=1S/C17H22N4O/c1-4-15(7-8-18-3)17(22)21-11-9-20(10-12-21)16-6-5-14(2)13-19-16/h4-8,13H,1,9-12H2,2-3H3/b15-7+,18-8?. The van der Waals surface area contributed by atoms with Crippen LogP contribution in [-0.4, -0.2) is 55.2 Å². The van der Waals surface area contributed by atoms with Crippen molar-refractivity contribution >= 4 is 17.9 Å². The molecule has 22 heavy (non-hydrogen) atoms. The highest BCUT2D eigenvalue weighted by Crippen LogP contribution is 2.15. The molecule has 116 valence electrons. The van der Waals surface area contributed by atoms with Gasteiger partial charge in [0.05, 0.1) is 0 Å². The lowest BCUT2D eigenvalue weighted by molar-refractivity contribution is -0.127. The minimum Gasteiger partial charge on any atom is -0.353 e. The molecule has 2 heterocycles. The normalized spacial score (nSPS) is 16.2. The number of anilines is 1. The third-order valence-corrected chi connectivity index (χ3v) is 3.66. The summed E-state index contributed by atoms with van der Waals surface area (Å²) in [4.78, 5) is 24.8. The summed E-state index contributed by atoms with van der Waals surface area (Å²) < 4.78 is 0. The number of hydrogen-bond donors (Lipinski definition) is 0. The van der Waals surface area contributed by atoms with E-state index >= 15 is 0 Å². The Hall–Kier alpha value is -2.43. The van der Waals surface area contributed by atoms with Gasteiger partial charge in [-0.3, -0.25) is 9.79 Å². The zero-order valence-electron chi connectivity index (χ0n) is 13.2. The maximum atomic E-state index is 12.4. The molecule has 0 N–H and O–H groups in total. The Kier molecular flexibility index (Phi) is 5.47. The van der Waals surface area contributed by atoms with E-state index in [1.165, 1.54) is 0 Å². The first-order valence-electron chi connectivity index (χ1n) is 7.37. The number of carbonyl (C=O) groups excluding carboxylic acids is 1. The fourth-order valence-corrected chi connectivity index (χ4v) is 2.35. The lowest BCUT2D eigenvalue weighted by Gasteiger charge is -2.35. The van der Waals surface area contributed by atoms with Gasteiger partial charge in [-0.05, 0) is 24.6 Å².